The monoisotopic (exact) mass is 455 g/mol. The summed E-state index contributed by atoms with van der Waals surface area (Å²) in [6.07, 6.45) is 0.257. The summed E-state index contributed by atoms with van der Waals surface area (Å²) in [5.74, 6) is -2.29. The molecule has 1 amide bonds. The number of carbonyl (C=O) groups is 2. The van der Waals surface area contributed by atoms with Gasteiger partial charge < -0.3 is 10.1 Å². The van der Waals surface area contributed by atoms with Gasteiger partial charge in [0, 0.05) is 26.1 Å². The number of hydrogen-bond acceptors (Lipinski definition) is 6. The van der Waals surface area contributed by atoms with Crippen molar-refractivity contribution >= 4 is 28.6 Å². The van der Waals surface area contributed by atoms with Crippen LogP contribution in [0.3, 0.4) is 0 Å². The second-order valence-corrected chi connectivity index (χ2v) is 7.28. The lowest BCUT2D eigenvalue weighted by Gasteiger charge is -2.09. The van der Waals surface area contributed by atoms with Gasteiger partial charge in [0.15, 0.2) is 12.4 Å². The third-order valence-electron chi connectivity index (χ3n) is 5.07. The van der Waals surface area contributed by atoms with Gasteiger partial charge in [0.25, 0.3) is 11.5 Å². The van der Waals surface area contributed by atoms with E-state index in [1.165, 1.54) is 4.57 Å². The van der Waals surface area contributed by atoms with Crippen molar-refractivity contribution in [3.05, 3.63) is 75.8 Å². The van der Waals surface area contributed by atoms with E-state index in [2.05, 4.69) is 15.5 Å². The smallest absolute Gasteiger partial charge is 0.306 e. The molecular formula is C22H19F2N5O4. The molecule has 4 rings (SSSR count). The van der Waals surface area contributed by atoms with Gasteiger partial charge in [0.2, 0.25) is 5.78 Å². The van der Waals surface area contributed by atoms with Crippen molar-refractivity contribution in [1.82, 2.24) is 24.5 Å². The fraction of sp³-hybridized carbons (Fsp3) is 0.227. The van der Waals surface area contributed by atoms with Crippen LogP contribution in [-0.4, -0.2) is 37.6 Å². The SMILES string of the molecule is Cn1c(=O)c2ccccc2n2c(COC(=O)CCCNC(=O)c3ccc(F)cc3F)nnc12. The lowest BCUT2D eigenvalue weighted by atomic mass is 10.2. The number of para-hydroxylation sites is 1. The second kappa shape index (κ2) is 9.15. The normalized spacial score (nSPS) is 11.1. The van der Waals surface area contributed by atoms with E-state index in [-0.39, 0.29) is 37.1 Å². The summed E-state index contributed by atoms with van der Waals surface area (Å²) in [5.41, 5.74) is 0.110. The van der Waals surface area contributed by atoms with Gasteiger partial charge in [-0.25, -0.2) is 8.78 Å². The molecule has 1 N–H and O–H groups in total. The molecule has 2 aromatic carbocycles. The topological polar surface area (TPSA) is 108 Å². The first-order chi connectivity index (χ1) is 15.9. The number of nitrogens with zero attached hydrogens (tertiary/aromatic N) is 4. The molecule has 9 nitrogen and oxygen atoms in total. The third kappa shape index (κ3) is 4.43. The highest BCUT2D eigenvalue weighted by molar-refractivity contribution is 5.94. The highest BCUT2D eigenvalue weighted by atomic mass is 19.1. The minimum absolute atomic E-state index is 0.00213. The number of aromatic nitrogens is 4. The number of benzene rings is 2. The molecule has 0 spiro atoms. The molecule has 2 aromatic heterocycles. The van der Waals surface area contributed by atoms with E-state index in [4.69, 9.17) is 4.74 Å². The largest absolute Gasteiger partial charge is 0.457 e. The molecule has 0 unspecified atom stereocenters. The Bertz CT molecular complexity index is 1430. The van der Waals surface area contributed by atoms with Gasteiger partial charge in [-0.3, -0.25) is 23.4 Å². The molecule has 2 heterocycles. The summed E-state index contributed by atoms with van der Waals surface area (Å²) >= 11 is 0. The second-order valence-electron chi connectivity index (χ2n) is 7.28. The maximum atomic E-state index is 13.6. The molecule has 0 saturated heterocycles. The van der Waals surface area contributed by atoms with E-state index in [1.807, 2.05) is 0 Å². The minimum atomic E-state index is -0.961. The number of fused-ring (bicyclic) bond motifs is 3. The zero-order valence-electron chi connectivity index (χ0n) is 17.5. The number of amides is 1. The van der Waals surface area contributed by atoms with E-state index in [0.717, 1.165) is 12.1 Å². The number of ether oxygens (including phenoxy) is 1. The molecule has 11 heteroatoms. The van der Waals surface area contributed by atoms with Crippen LogP contribution in [0.1, 0.15) is 29.0 Å². The minimum Gasteiger partial charge on any atom is -0.457 e. The molecular weight excluding hydrogens is 436 g/mol. The molecule has 170 valence electrons. The summed E-state index contributed by atoms with van der Waals surface area (Å²) in [6.45, 7) is -0.0549. The summed E-state index contributed by atoms with van der Waals surface area (Å²) in [6, 6.07) is 9.65. The number of nitrogens with one attached hydrogen (secondary N) is 1. The Hall–Kier alpha value is -4.15. The molecule has 0 aliphatic rings. The standard InChI is InChI=1S/C22H19F2N5O4/c1-28-21(32)15-5-2-3-6-17(15)29-18(26-27-22(28)29)12-33-19(30)7-4-10-25-20(31)14-9-8-13(23)11-16(14)24/h2-3,5-6,8-9,11H,4,7,10,12H2,1H3,(H,25,31). The van der Waals surface area contributed by atoms with E-state index >= 15 is 0 Å². The van der Waals surface area contributed by atoms with Gasteiger partial charge >= 0.3 is 5.97 Å². The number of halogens is 2. The Kier molecular flexibility index (Phi) is 6.11. The van der Waals surface area contributed by atoms with Crippen LogP contribution in [0.15, 0.2) is 47.3 Å². The Balaban J connectivity index is 1.34. The highest BCUT2D eigenvalue weighted by Gasteiger charge is 2.16. The third-order valence-corrected chi connectivity index (χ3v) is 5.07. The van der Waals surface area contributed by atoms with Crippen LogP contribution >= 0.6 is 0 Å². The lowest BCUT2D eigenvalue weighted by Crippen LogP contribution is -2.26. The Morgan fingerprint density at radius 2 is 1.91 bits per heavy atom. The van der Waals surface area contributed by atoms with Crippen LogP contribution in [0, 0.1) is 11.6 Å². The maximum absolute atomic E-state index is 13.6. The summed E-state index contributed by atoms with van der Waals surface area (Å²) < 4.78 is 34.9. The van der Waals surface area contributed by atoms with Crippen LogP contribution < -0.4 is 10.9 Å². The summed E-state index contributed by atoms with van der Waals surface area (Å²) in [4.78, 5) is 36.5. The highest BCUT2D eigenvalue weighted by Crippen LogP contribution is 2.14. The van der Waals surface area contributed by atoms with Crippen LogP contribution in [-0.2, 0) is 23.2 Å². The fourth-order valence-electron chi connectivity index (χ4n) is 3.41. The predicted molar refractivity (Wildman–Crippen MR) is 113 cm³/mol. The quantitative estimate of drug-likeness (QED) is 0.338. The van der Waals surface area contributed by atoms with Gasteiger partial charge in [0.05, 0.1) is 16.5 Å². The van der Waals surface area contributed by atoms with E-state index in [1.54, 1.807) is 35.7 Å². The van der Waals surface area contributed by atoms with Gasteiger partial charge in [-0.1, -0.05) is 12.1 Å². The average molecular weight is 455 g/mol. The molecule has 0 atom stereocenters. The van der Waals surface area contributed by atoms with E-state index in [9.17, 15) is 23.2 Å². The van der Waals surface area contributed by atoms with Crippen molar-refractivity contribution in [2.75, 3.05) is 6.54 Å². The number of aryl methyl sites for hydroxylation is 1. The molecule has 33 heavy (non-hydrogen) atoms. The van der Waals surface area contributed by atoms with Crippen molar-refractivity contribution in [2.24, 2.45) is 7.05 Å². The van der Waals surface area contributed by atoms with E-state index < -0.39 is 23.5 Å². The first-order valence-electron chi connectivity index (χ1n) is 10.1. The van der Waals surface area contributed by atoms with Crippen LogP contribution in [0.25, 0.3) is 16.7 Å². The summed E-state index contributed by atoms with van der Waals surface area (Å²) in [5, 5.41) is 11.0. The average Bonchev–Trinajstić information content (AvgIpc) is 3.23. The maximum Gasteiger partial charge on any atom is 0.306 e. The number of carbonyl (C=O) groups excluding carboxylic acids is 2. The summed E-state index contributed by atoms with van der Waals surface area (Å²) in [7, 11) is 1.58. The lowest BCUT2D eigenvalue weighted by molar-refractivity contribution is -0.145. The molecule has 4 aromatic rings. The Morgan fingerprint density at radius 3 is 2.70 bits per heavy atom. The zero-order chi connectivity index (χ0) is 23.5. The van der Waals surface area contributed by atoms with Gasteiger partial charge in [-0.05, 0) is 30.7 Å². The van der Waals surface area contributed by atoms with Crippen molar-refractivity contribution < 1.29 is 23.1 Å². The van der Waals surface area contributed by atoms with Crippen molar-refractivity contribution in [1.29, 1.82) is 0 Å². The number of rotatable bonds is 7. The van der Waals surface area contributed by atoms with Gasteiger partial charge in [-0.2, -0.15) is 0 Å². The van der Waals surface area contributed by atoms with Gasteiger partial charge in [0.1, 0.15) is 11.6 Å². The fourth-order valence-corrected chi connectivity index (χ4v) is 3.41. The first kappa shape index (κ1) is 22.1. The van der Waals surface area contributed by atoms with Crippen LogP contribution in [0.4, 0.5) is 8.78 Å². The van der Waals surface area contributed by atoms with Crippen LogP contribution in [0.2, 0.25) is 0 Å². The molecule has 0 radical (unpaired) electrons. The zero-order valence-corrected chi connectivity index (χ0v) is 17.5. The van der Waals surface area contributed by atoms with E-state index in [0.29, 0.717) is 28.6 Å². The molecule has 0 bridgehead atoms. The van der Waals surface area contributed by atoms with Crippen molar-refractivity contribution in [3.63, 3.8) is 0 Å². The molecule has 0 saturated carbocycles. The molecule has 0 fully saturated rings. The Morgan fingerprint density at radius 1 is 1.12 bits per heavy atom. The van der Waals surface area contributed by atoms with Crippen molar-refractivity contribution in [2.45, 2.75) is 19.4 Å². The van der Waals surface area contributed by atoms with Crippen molar-refractivity contribution in [3.8, 4) is 0 Å². The number of hydrogen-bond donors (Lipinski definition) is 1. The first-order valence-corrected chi connectivity index (χ1v) is 10.1. The van der Waals surface area contributed by atoms with Crippen LogP contribution in [0.5, 0.6) is 0 Å². The Labute approximate surface area is 185 Å². The molecule has 0 aliphatic carbocycles. The predicted octanol–water partition coefficient (Wildman–Crippen LogP) is 2.11. The number of esters is 1. The van der Waals surface area contributed by atoms with Gasteiger partial charge in [-0.15, -0.1) is 10.2 Å². The molecule has 0 aliphatic heterocycles.